The highest BCUT2D eigenvalue weighted by Gasteiger charge is 2.12. The van der Waals surface area contributed by atoms with Crippen LogP contribution in [-0.4, -0.2) is 29.8 Å². The first-order chi connectivity index (χ1) is 10.7. The van der Waals surface area contributed by atoms with Crippen LogP contribution in [-0.2, 0) is 0 Å². The topological polar surface area (TPSA) is 54.4 Å². The van der Waals surface area contributed by atoms with Crippen molar-refractivity contribution >= 4 is 17.7 Å². The minimum Gasteiger partial charge on any atom is -0.489 e. The number of aromatic nitrogens is 1. The number of nitrogens with one attached hydrogen (secondary N) is 1. The van der Waals surface area contributed by atoms with Gasteiger partial charge in [0.15, 0.2) is 0 Å². The zero-order valence-electron chi connectivity index (χ0n) is 12.0. The Balaban J connectivity index is 1.56. The molecule has 1 aliphatic heterocycles. The van der Waals surface area contributed by atoms with E-state index in [9.17, 15) is 5.11 Å². The molecule has 4 nitrogen and oxygen atoms in total. The number of benzene rings is 1. The molecule has 1 aromatic carbocycles. The fourth-order valence-corrected chi connectivity index (χ4v) is 2.55. The molecule has 2 heterocycles. The molecule has 0 radical (unpaired) electrons. The van der Waals surface area contributed by atoms with Gasteiger partial charge >= 0.3 is 0 Å². The van der Waals surface area contributed by atoms with E-state index in [-0.39, 0.29) is 0 Å². The molecule has 0 saturated carbocycles. The van der Waals surface area contributed by atoms with Gasteiger partial charge in [-0.25, -0.2) is 0 Å². The highest BCUT2D eigenvalue weighted by Crippen LogP contribution is 2.28. The van der Waals surface area contributed by atoms with Crippen LogP contribution < -0.4 is 10.1 Å². The number of rotatable bonds is 5. The van der Waals surface area contributed by atoms with Gasteiger partial charge in [0.05, 0.1) is 6.10 Å². The van der Waals surface area contributed by atoms with Crippen molar-refractivity contribution in [2.45, 2.75) is 6.10 Å². The number of nitrogens with zero attached hydrogens (tertiary/aromatic N) is 1. The Morgan fingerprint density at radius 3 is 2.91 bits per heavy atom. The van der Waals surface area contributed by atoms with Crippen molar-refractivity contribution in [3.05, 3.63) is 64.4 Å². The Morgan fingerprint density at radius 2 is 2.09 bits per heavy atom. The molecule has 1 atom stereocenters. The van der Waals surface area contributed by atoms with Crippen molar-refractivity contribution in [3.63, 3.8) is 0 Å². The van der Waals surface area contributed by atoms with Gasteiger partial charge in [0.25, 0.3) is 0 Å². The lowest BCUT2D eigenvalue weighted by Gasteiger charge is -2.19. The molecule has 0 spiro atoms. The van der Waals surface area contributed by atoms with Crippen LogP contribution >= 0.6 is 11.6 Å². The van der Waals surface area contributed by atoms with Crippen molar-refractivity contribution in [1.29, 1.82) is 0 Å². The van der Waals surface area contributed by atoms with Crippen molar-refractivity contribution in [2.75, 3.05) is 19.7 Å². The van der Waals surface area contributed by atoms with E-state index in [1.165, 1.54) is 0 Å². The van der Waals surface area contributed by atoms with Gasteiger partial charge in [0.2, 0.25) is 0 Å². The third kappa shape index (κ3) is 3.65. The first kappa shape index (κ1) is 15.0. The number of aliphatic hydroxyl groups is 1. The average Bonchev–Trinajstić information content (AvgIpc) is 2.55. The summed E-state index contributed by atoms with van der Waals surface area (Å²) < 4.78 is 5.70. The first-order valence-corrected chi connectivity index (χ1v) is 7.50. The number of halogens is 1. The zero-order valence-corrected chi connectivity index (χ0v) is 12.8. The van der Waals surface area contributed by atoms with Crippen molar-refractivity contribution in [1.82, 2.24) is 10.3 Å². The predicted molar refractivity (Wildman–Crippen MR) is 87.0 cm³/mol. The molecule has 0 fully saturated rings. The number of hydrogen-bond donors (Lipinski definition) is 2. The van der Waals surface area contributed by atoms with E-state index >= 15 is 0 Å². The molecule has 114 valence electrons. The van der Waals surface area contributed by atoms with Crippen LogP contribution in [0, 0.1) is 0 Å². The SMILES string of the molecule is OC(CNCC1=Cc2cc(Cl)ccc2OC1)c1ccncc1. The van der Waals surface area contributed by atoms with Gasteiger partial charge in [-0.15, -0.1) is 0 Å². The van der Waals surface area contributed by atoms with Gasteiger partial charge in [-0.05, 0) is 47.5 Å². The lowest BCUT2D eigenvalue weighted by molar-refractivity contribution is 0.175. The third-order valence-corrected chi connectivity index (χ3v) is 3.76. The van der Waals surface area contributed by atoms with Crippen LogP contribution in [0.5, 0.6) is 5.75 Å². The maximum absolute atomic E-state index is 10.1. The second kappa shape index (κ2) is 6.92. The molecule has 3 rings (SSSR count). The second-order valence-electron chi connectivity index (χ2n) is 5.20. The Morgan fingerprint density at radius 1 is 1.27 bits per heavy atom. The fourth-order valence-electron chi connectivity index (χ4n) is 2.37. The molecule has 1 unspecified atom stereocenters. The van der Waals surface area contributed by atoms with Gasteiger partial charge in [-0.2, -0.15) is 0 Å². The lowest BCUT2D eigenvalue weighted by atomic mass is 10.1. The predicted octanol–water partition coefficient (Wildman–Crippen LogP) is 2.83. The van der Waals surface area contributed by atoms with Crippen LogP contribution in [0.25, 0.3) is 6.08 Å². The molecule has 0 bridgehead atoms. The number of hydrogen-bond acceptors (Lipinski definition) is 4. The van der Waals surface area contributed by atoms with Crippen LogP contribution in [0.15, 0.2) is 48.3 Å². The Bertz CT molecular complexity index is 674. The molecular formula is C17H17ClN2O2. The number of ether oxygens (including phenoxy) is 1. The molecule has 1 aromatic heterocycles. The molecule has 0 saturated heterocycles. The molecule has 0 aliphatic carbocycles. The molecular weight excluding hydrogens is 300 g/mol. The Hall–Kier alpha value is -1.88. The number of fused-ring (bicyclic) bond motifs is 1. The summed E-state index contributed by atoms with van der Waals surface area (Å²) in [6, 6.07) is 9.22. The quantitative estimate of drug-likeness (QED) is 0.890. The summed E-state index contributed by atoms with van der Waals surface area (Å²) in [7, 11) is 0. The monoisotopic (exact) mass is 316 g/mol. The molecule has 5 heteroatoms. The largest absolute Gasteiger partial charge is 0.489 e. The van der Waals surface area contributed by atoms with E-state index in [1.54, 1.807) is 12.4 Å². The summed E-state index contributed by atoms with van der Waals surface area (Å²) in [4.78, 5) is 3.94. The van der Waals surface area contributed by atoms with Gasteiger partial charge in [0, 0.05) is 36.1 Å². The highest BCUT2D eigenvalue weighted by molar-refractivity contribution is 6.30. The van der Waals surface area contributed by atoms with Crippen LogP contribution in [0.4, 0.5) is 0 Å². The van der Waals surface area contributed by atoms with Crippen LogP contribution in [0.3, 0.4) is 0 Å². The summed E-state index contributed by atoms with van der Waals surface area (Å²) >= 11 is 6.00. The molecule has 22 heavy (non-hydrogen) atoms. The van der Waals surface area contributed by atoms with Gasteiger partial charge in [0.1, 0.15) is 12.4 Å². The van der Waals surface area contributed by atoms with Crippen LogP contribution in [0.2, 0.25) is 5.02 Å². The van der Waals surface area contributed by atoms with E-state index in [0.29, 0.717) is 24.7 Å². The van der Waals surface area contributed by atoms with Gasteiger partial charge in [-0.1, -0.05) is 11.6 Å². The van der Waals surface area contributed by atoms with E-state index in [2.05, 4.69) is 16.4 Å². The molecule has 0 amide bonds. The van der Waals surface area contributed by atoms with E-state index in [0.717, 1.165) is 22.4 Å². The van der Waals surface area contributed by atoms with Crippen molar-refractivity contribution in [3.8, 4) is 5.75 Å². The minimum atomic E-state index is -0.546. The standard InChI is InChI=1S/C17H17ClN2O2/c18-15-1-2-17-14(8-15)7-12(11-22-17)9-20-10-16(21)13-3-5-19-6-4-13/h1-8,16,20-21H,9-11H2. The summed E-state index contributed by atoms with van der Waals surface area (Å²) in [6.07, 6.45) is 4.89. The van der Waals surface area contributed by atoms with Crippen molar-refractivity contribution < 1.29 is 9.84 Å². The third-order valence-electron chi connectivity index (χ3n) is 3.53. The minimum absolute atomic E-state index is 0.476. The highest BCUT2D eigenvalue weighted by atomic mass is 35.5. The Kier molecular flexibility index (Phi) is 4.73. The summed E-state index contributed by atoms with van der Waals surface area (Å²) in [5.41, 5.74) is 2.97. The van der Waals surface area contributed by atoms with Crippen molar-refractivity contribution in [2.24, 2.45) is 0 Å². The summed E-state index contributed by atoms with van der Waals surface area (Å²) in [5, 5.41) is 14.0. The second-order valence-corrected chi connectivity index (χ2v) is 5.64. The normalized spacial score (nSPS) is 14.7. The lowest BCUT2D eigenvalue weighted by Crippen LogP contribution is -2.26. The smallest absolute Gasteiger partial charge is 0.127 e. The number of pyridine rings is 1. The zero-order chi connectivity index (χ0) is 15.4. The Labute approximate surface area is 134 Å². The van der Waals surface area contributed by atoms with E-state index in [1.807, 2.05) is 30.3 Å². The average molecular weight is 317 g/mol. The molecule has 1 aliphatic rings. The number of aliphatic hydroxyl groups excluding tert-OH is 1. The summed E-state index contributed by atoms with van der Waals surface area (Å²) in [5.74, 6) is 0.852. The molecule has 2 N–H and O–H groups in total. The van der Waals surface area contributed by atoms with E-state index < -0.39 is 6.10 Å². The van der Waals surface area contributed by atoms with Gasteiger partial charge in [-0.3, -0.25) is 4.98 Å². The maximum Gasteiger partial charge on any atom is 0.127 e. The fraction of sp³-hybridized carbons (Fsp3) is 0.235. The van der Waals surface area contributed by atoms with Gasteiger partial charge < -0.3 is 15.2 Å². The van der Waals surface area contributed by atoms with E-state index in [4.69, 9.17) is 16.3 Å². The maximum atomic E-state index is 10.1. The molecule has 2 aromatic rings. The summed E-state index contributed by atoms with van der Waals surface area (Å²) in [6.45, 7) is 1.69. The first-order valence-electron chi connectivity index (χ1n) is 7.13. The van der Waals surface area contributed by atoms with Crippen LogP contribution in [0.1, 0.15) is 17.2 Å².